The molecule has 0 aliphatic carbocycles. The Morgan fingerprint density at radius 1 is 1.19 bits per heavy atom. The second kappa shape index (κ2) is 8.81. The van der Waals surface area contributed by atoms with Crippen LogP contribution in [0.15, 0.2) is 42.5 Å². The van der Waals surface area contributed by atoms with Crippen molar-refractivity contribution in [3.05, 3.63) is 54.1 Å². The summed E-state index contributed by atoms with van der Waals surface area (Å²) in [5.41, 5.74) is 0.129. The number of rotatable bonds is 8. The molecule has 0 aromatic heterocycles. The van der Waals surface area contributed by atoms with E-state index in [9.17, 15) is 22.0 Å². The van der Waals surface area contributed by atoms with Crippen LogP contribution in [0.25, 0.3) is 0 Å². The van der Waals surface area contributed by atoms with Crippen LogP contribution in [0.4, 0.5) is 20.2 Å². The molecule has 9 heteroatoms. The average molecular weight is 398 g/mol. The van der Waals surface area contributed by atoms with Crippen molar-refractivity contribution in [1.29, 1.82) is 0 Å². The van der Waals surface area contributed by atoms with Gasteiger partial charge in [0.05, 0.1) is 24.2 Å². The van der Waals surface area contributed by atoms with Crippen molar-refractivity contribution < 1.29 is 26.7 Å². The summed E-state index contributed by atoms with van der Waals surface area (Å²) in [5, 5.41) is 2.30. The molecule has 0 saturated carbocycles. The zero-order chi connectivity index (χ0) is 20.0. The van der Waals surface area contributed by atoms with Gasteiger partial charge in [-0.2, -0.15) is 0 Å². The first-order valence-electron chi connectivity index (χ1n) is 8.16. The summed E-state index contributed by atoms with van der Waals surface area (Å²) in [6, 6.07) is 9.33. The fourth-order valence-corrected chi connectivity index (χ4v) is 3.34. The number of para-hydroxylation sites is 2. The second-order valence-electron chi connectivity index (χ2n) is 5.66. The Bertz CT molecular complexity index is 919. The van der Waals surface area contributed by atoms with Crippen molar-refractivity contribution >= 4 is 27.3 Å². The third kappa shape index (κ3) is 5.65. The van der Waals surface area contributed by atoms with Gasteiger partial charge in [-0.25, -0.2) is 17.2 Å². The quantitative estimate of drug-likeness (QED) is 0.741. The lowest BCUT2D eigenvalue weighted by molar-refractivity contribution is -0.116. The standard InChI is InChI=1S/C18H20F2N2O4S/c1-3-26-17-7-5-4-6-16(17)22(27(2,24)25)11-10-18(23)21-15-9-8-13(19)12-14(15)20/h4-9,12H,3,10-11H2,1-2H3,(H,21,23). The van der Waals surface area contributed by atoms with Gasteiger partial charge in [-0.3, -0.25) is 9.10 Å². The fraction of sp³-hybridized carbons (Fsp3) is 0.278. The Hall–Kier alpha value is -2.68. The summed E-state index contributed by atoms with van der Waals surface area (Å²) in [7, 11) is -3.69. The molecule has 0 atom stereocenters. The number of benzene rings is 2. The van der Waals surface area contributed by atoms with Crippen molar-refractivity contribution in [3.63, 3.8) is 0 Å². The first-order chi connectivity index (χ1) is 12.7. The molecule has 0 aliphatic heterocycles. The molecular formula is C18H20F2N2O4S. The number of nitrogens with zero attached hydrogens (tertiary/aromatic N) is 1. The lowest BCUT2D eigenvalue weighted by Gasteiger charge is -2.24. The van der Waals surface area contributed by atoms with E-state index in [0.29, 0.717) is 24.1 Å². The number of ether oxygens (including phenoxy) is 1. The van der Waals surface area contributed by atoms with Crippen molar-refractivity contribution in [2.45, 2.75) is 13.3 Å². The monoisotopic (exact) mass is 398 g/mol. The summed E-state index contributed by atoms with van der Waals surface area (Å²) in [4.78, 5) is 12.1. The SMILES string of the molecule is CCOc1ccccc1N(CCC(=O)Nc1ccc(F)cc1F)S(C)(=O)=O. The molecule has 6 nitrogen and oxygen atoms in total. The van der Waals surface area contributed by atoms with Gasteiger partial charge >= 0.3 is 0 Å². The van der Waals surface area contributed by atoms with Crippen molar-refractivity contribution in [3.8, 4) is 5.75 Å². The van der Waals surface area contributed by atoms with Crippen molar-refractivity contribution in [1.82, 2.24) is 0 Å². The first-order valence-corrected chi connectivity index (χ1v) is 10.0. The van der Waals surface area contributed by atoms with E-state index >= 15 is 0 Å². The van der Waals surface area contributed by atoms with Gasteiger partial charge in [-0.05, 0) is 31.2 Å². The van der Waals surface area contributed by atoms with Crippen molar-refractivity contribution in [2.24, 2.45) is 0 Å². The molecule has 0 bridgehead atoms. The average Bonchev–Trinajstić information content (AvgIpc) is 2.58. The van der Waals surface area contributed by atoms with Crippen LogP contribution >= 0.6 is 0 Å². The maximum Gasteiger partial charge on any atom is 0.232 e. The Morgan fingerprint density at radius 2 is 1.89 bits per heavy atom. The van der Waals surface area contributed by atoms with Gasteiger partial charge in [0, 0.05) is 19.0 Å². The topological polar surface area (TPSA) is 75.7 Å². The Balaban J connectivity index is 2.15. The maximum absolute atomic E-state index is 13.6. The van der Waals surface area contributed by atoms with E-state index in [0.717, 1.165) is 22.7 Å². The lowest BCUT2D eigenvalue weighted by atomic mass is 10.2. The number of sulfonamides is 1. The molecule has 2 aromatic carbocycles. The van der Waals surface area contributed by atoms with E-state index in [-0.39, 0.29) is 18.7 Å². The van der Waals surface area contributed by atoms with Crippen LogP contribution in [0.1, 0.15) is 13.3 Å². The number of carbonyl (C=O) groups excluding carboxylic acids is 1. The molecule has 0 heterocycles. The Kier molecular flexibility index (Phi) is 6.73. The highest BCUT2D eigenvalue weighted by Crippen LogP contribution is 2.30. The smallest absolute Gasteiger partial charge is 0.232 e. The van der Waals surface area contributed by atoms with Crippen LogP contribution < -0.4 is 14.4 Å². The summed E-state index contributed by atoms with van der Waals surface area (Å²) in [5.74, 6) is -1.91. The molecule has 0 spiro atoms. The third-order valence-corrected chi connectivity index (χ3v) is 4.76. The number of hydrogen-bond acceptors (Lipinski definition) is 4. The zero-order valence-electron chi connectivity index (χ0n) is 14.9. The van der Waals surface area contributed by atoms with Gasteiger partial charge in [0.2, 0.25) is 15.9 Å². The summed E-state index contributed by atoms with van der Waals surface area (Å²) >= 11 is 0. The highest BCUT2D eigenvalue weighted by Gasteiger charge is 2.22. The van der Waals surface area contributed by atoms with E-state index in [4.69, 9.17) is 4.74 Å². The first kappa shape index (κ1) is 20.6. The number of anilines is 2. The molecule has 2 rings (SSSR count). The zero-order valence-corrected chi connectivity index (χ0v) is 15.7. The largest absolute Gasteiger partial charge is 0.492 e. The molecule has 0 fully saturated rings. The van der Waals surface area contributed by atoms with Gasteiger partial charge in [-0.15, -0.1) is 0 Å². The number of nitrogens with one attached hydrogen (secondary N) is 1. The van der Waals surface area contributed by atoms with Crippen LogP contribution in [0.3, 0.4) is 0 Å². The highest BCUT2D eigenvalue weighted by atomic mass is 32.2. The highest BCUT2D eigenvalue weighted by molar-refractivity contribution is 7.92. The van der Waals surface area contributed by atoms with Crippen LogP contribution in [0.2, 0.25) is 0 Å². The van der Waals surface area contributed by atoms with E-state index in [1.165, 1.54) is 0 Å². The van der Waals surface area contributed by atoms with Gasteiger partial charge in [0.25, 0.3) is 0 Å². The van der Waals surface area contributed by atoms with Gasteiger partial charge in [-0.1, -0.05) is 12.1 Å². The molecule has 0 unspecified atom stereocenters. The number of amides is 1. The molecule has 146 valence electrons. The minimum Gasteiger partial charge on any atom is -0.492 e. The van der Waals surface area contributed by atoms with Crippen LogP contribution in [-0.2, 0) is 14.8 Å². The molecule has 2 aromatic rings. The molecular weight excluding hydrogens is 378 g/mol. The number of halogens is 2. The second-order valence-corrected chi connectivity index (χ2v) is 7.57. The predicted molar refractivity (Wildman–Crippen MR) is 99.4 cm³/mol. The van der Waals surface area contributed by atoms with E-state index in [2.05, 4.69) is 5.32 Å². The number of hydrogen-bond donors (Lipinski definition) is 1. The summed E-state index contributed by atoms with van der Waals surface area (Å²) < 4.78 is 57.4. The predicted octanol–water partition coefficient (Wildman–Crippen LogP) is 3.16. The van der Waals surface area contributed by atoms with E-state index < -0.39 is 27.6 Å². The number of carbonyl (C=O) groups is 1. The van der Waals surface area contributed by atoms with E-state index in [1.54, 1.807) is 31.2 Å². The third-order valence-electron chi connectivity index (χ3n) is 3.58. The minimum atomic E-state index is -3.69. The van der Waals surface area contributed by atoms with Gasteiger partial charge in [0.1, 0.15) is 17.4 Å². The minimum absolute atomic E-state index is 0.169. The fourth-order valence-electron chi connectivity index (χ4n) is 2.41. The molecule has 1 amide bonds. The molecule has 0 aliphatic rings. The molecule has 0 saturated heterocycles. The van der Waals surface area contributed by atoms with Gasteiger partial charge in [0.15, 0.2) is 0 Å². The molecule has 0 radical (unpaired) electrons. The molecule has 1 N–H and O–H groups in total. The maximum atomic E-state index is 13.6. The van der Waals surface area contributed by atoms with Crippen molar-refractivity contribution in [2.75, 3.05) is 29.0 Å². The van der Waals surface area contributed by atoms with E-state index in [1.807, 2.05) is 0 Å². The Labute approximate surface area is 156 Å². The Morgan fingerprint density at radius 3 is 2.52 bits per heavy atom. The van der Waals surface area contributed by atoms with Gasteiger partial charge < -0.3 is 10.1 Å². The van der Waals surface area contributed by atoms with Crippen LogP contribution in [0, 0.1) is 11.6 Å². The lowest BCUT2D eigenvalue weighted by Crippen LogP contribution is -2.33. The summed E-state index contributed by atoms with van der Waals surface area (Å²) in [6.07, 6.45) is 0.789. The van der Waals surface area contributed by atoms with Crippen LogP contribution in [0.5, 0.6) is 5.75 Å². The molecule has 27 heavy (non-hydrogen) atoms. The summed E-state index contributed by atoms with van der Waals surface area (Å²) in [6.45, 7) is 1.95. The normalized spacial score (nSPS) is 11.1. The van der Waals surface area contributed by atoms with Crippen LogP contribution in [-0.4, -0.2) is 33.7 Å².